The molecule has 1 N–H and O–H groups in total. The summed E-state index contributed by atoms with van der Waals surface area (Å²) in [5.74, 6) is 0. The standard InChI is InChI=1S/C14H29N3/c1-15-12-14-7-5-10-17(14)11-8-13-6-3-4-9-16(13)2/h13-15H,3-12H2,1-2H3. The average molecular weight is 239 g/mol. The molecule has 2 saturated heterocycles. The lowest BCUT2D eigenvalue weighted by Crippen LogP contribution is -2.42. The van der Waals surface area contributed by atoms with Gasteiger partial charge in [-0.3, -0.25) is 4.90 Å². The van der Waals surface area contributed by atoms with Gasteiger partial charge in [-0.1, -0.05) is 6.42 Å². The van der Waals surface area contributed by atoms with E-state index >= 15 is 0 Å². The number of hydrogen-bond acceptors (Lipinski definition) is 3. The van der Waals surface area contributed by atoms with Gasteiger partial charge in [0.2, 0.25) is 0 Å². The third-order valence-corrected chi connectivity index (χ3v) is 4.61. The lowest BCUT2D eigenvalue weighted by molar-refractivity contribution is 0.149. The predicted molar refractivity (Wildman–Crippen MR) is 73.4 cm³/mol. The maximum absolute atomic E-state index is 3.33. The fraction of sp³-hybridized carbons (Fsp3) is 1.00. The Bertz CT molecular complexity index is 220. The van der Waals surface area contributed by atoms with E-state index in [1.54, 1.807) is 0 Å². The van der Waals surface area contributed by atoms with Crippen LogP contribution >= 0.6 is 0 Å². The van der Waals surface area contributed by atoms with Gasteiger partial charge in [0.05, 0.1) is 0 Å². The number of likely N-dealkylation sites (tertiary alicyclic amines) is 2. The Hall–Kier alpha value is -0.120. The number of piperidine rings is 1. The molecule has 2 rings (SSSR count). The highest BCUT2D eigenvalue weighted by Gasteiger charge is 2.25. The highest BCUT2D eigenvalue weighted by molar-refractivity contribution is 4.83. The first-order valence-electron chi connectivity index (χ1n) is 7.40. The molecule has 2 aliphatic rings. The minimum absolute atomic E-state index is 0.800. The molecule has 3 heteroatoms. The Morgan fingerprint density at radius 3 is 2.65 bits per heavy atom. The van der Waals surface area contributed by atoms with Gasteiger partial charge < -0.3 is 10.2 Å². The van der Waals surface area contributed by atoms with Gasteiger partial charge in [-0.15, -0.1) is 0 Å². The number of rotatable bonds is 5. The molecule has 100 valence electrons. The Labute approximate surface area is 107 Å². The van der Waals surface area contributed by atoms with Crippen molar-refractivity contribution in [1.82, 2.24) is 15.1 Å². The third-order valence-electron chi connectivity index (χ3n) is 4.61. The first kappa shape index (κ1) is 13.3. The largest absolute Gasteiger partial charge is 0.318 e. The van der Waals surface area contributed by atoms with Crippen LogP contribution in [0.3, 0.4) is 0 Å². The van der Waals surface area contributed by atoms with E-state index < -0.39 is 0 Å². The van der Waals surface area contributed by atoms with E-state index in [0.29, 0.717) is 0 Å². The Morgan fingerprint density at radius 1 is 1.06 bits per heavy atom. The van der Waals surface area contributed by atoms with Crippen molar-refractivity contribution in [2.45, 2.75) is 50.6 Å². The fourth-order valence-electron chi connectivity index (χ4n) is 3.48. The third kappa shape index (κ3) is 3.67. The average Bonchev–Trinajstić information content (AvgIpc) is 2.76. The summed E-state index contributed by atoms with van der Waals surface area (Å²) in [5, 5.41) is 3.33. The van der Waals surface area contributed by atoms with Crippen LogP contribution in [-0.2, 0) is 0 Å². The number of nitrogens with zero attached hydrogens (tertiary/aromatic N) is 2. The van der Waals surface area contributed by atoms with Crippen molar-refractivity contribution in [3.05, 3.63) is 0 Å². The van der Waals surface area contributed by atoms with E-state index in [1.165, 1.54) is 64.7 Å². The van der Waals surface area contributed by atoms with Crippen molar-refractivity contribution >= 4 is 0 Å². The molecule has 0 aromatic heterocycles. The zero-order valence-electron chi connectivity index (χ0n) is 11.6. The molecule has 0 bridgehead atoms. The van der Waals surface area contributed by atoms with E-state index in [4.69, 9.17) is 0 Å². The lowest BCUT2D eigenvalue weighted by atomic mass is 10.00. The van der Waals surface area contributed by atoms with Crippen LogP contribution in [0.1, 0.15) is 38.5 Å². The van der Waals surface area contributed by atoms with E-state index in [-0.39, 0.29) is 0 Å². The van der Waals surface area contributed by atoms with Crippen LogP contribution < -0.4 is 5.32 Å². The maximum atomic E-state index is 3.33. The first-order valence-corrected chi connectivity index (χ1v) is 7.40. The van der Waals surface area contributed by atoms with Crippen LogP contribution in [0.5, 0.6) is 0 Å². The molecule has 0 aromatic rings. The summed E-state index contributed by atoms with van der Waals surface area (Å²) in [6.45, 7) is 5.11. The van der Waals surface area contributed by atoms with Gasteiger partial charge in [0.1, 0.15) is 0 Å². The van der Waals surface area contributed by atoms with Crippen molar-refractivity contribution in [2.75, 3.05) is 40.3 Å². The minimum Gasteiger partial charge on any atom is -0.318 e. The second-order valence-electron chi connectivity index (χ2n) is 5.81. The van der Waals surface area contributed by atoms with Crippen molar-refractivity contribution < 1.29 is 0 Å². The molecule has 0 saturated carbocycles. The molecule has 0 radical (unpaired) electrons. The molecular weight excluding hydrogens is 210 g/mol. The van der Waals surface area contributed by atoms with Gasteiger partial charge in [-0.05, 0) is 65.8 Å². The van der Waals surface area contributed by atoms with Crippen LogP contribution in [0.4, 0.5) is 0 Å². The molecule has 2 unspecified atom stereocenters. The molecule has 2 atom stereocenters. The molecule has 0 aliphatic carbocycles. The van der Waals surface area contributed by atoms with Gasteiger partial charge in [-0.2, -0.15) is 0 Å². The highest BCUT2D eigenvalue weighted by Crippen LogP contribution is 2.21. The lowest BCUT2D eigenvalue weighted by Gasteiger charge is -2.34. The first-order chi connectivity index (χ1) is 8.31. The minimum atomic E-state index is 0.800. The smallest absolute Gasteiger partial charge is 0.0221 e. The normalized spacial score (nSPS) is 32.1. The molecule has 2 aliphatic heterocycles. The summed E-state index contributed by atoms with van der Waals surface area (Å²) in [7, 11) is 4.38. The fourth-order valence-corrected chi connectivity index (χ4v) is 3.48. The number of likely N-dealkylation sites (N-methyl/N-ethyl adjacent to an activating group) is 1. The summed E-state index contributed by atoms with van der Waals surface area (Å²) in [4.78, 5) is 5.28. The van der Waals surface area contributed by atoms with Gasteiger partial charge in [-0.25, -0.2) is 0 Å². The van der Waals surface area contributed by atoms with E-state index in [0.717, 1.165) is 12.1 Å². The summed E-state index contributed by atoms with van der Waals surface area (Å²) >= 11 is 0. The summed E-state index contributed by atoms with van der Waals surface area (Å²) in [6, 6.07) is 1.65. The van der Waals surface area contributed by atoms with Crippen molar-refractivity contribution in [2.24, 2.45) is 0 Å². The highest BCUT2D eigenvalue weighted by atomic mass is 15.2. The van der Waals surface area contributed by atoms with Gasteiger partial charge >= 0.3 is 0 Å². The molecule has 0 spiro atoms. The van der Waals surface area contributed by atoms with Crippen LogP contribution in [0.2, 0.25) is 0 Å². The topological polar surface area (TPSA) is 18.5 Å². The molecule has 2 fully saturated rings. The molecule has 2 heterocycles. The predicted octanol–water partition coefficient (Wildman–Crippen LogP) is 1.54. The van der Waals surface area contributed by atoms with Gasteiger partial charge in [0.25, 0.3) is 0 Å². The second-order valence-corrected chi connectivity index (χ2v) is 5.81. The van der Waals surface area contributed by atoms with Crippen LogP contribution in [0, 0.1) is 0 Å². The summed E-state index contributed by atoms with van der Waals surface area (Å²) in [5.41, 5.74) is 0. The van der Waals surface area contributed by atoms with E-state index in [9.17, 15) is 0 Å². The Balaban J connectivity index is 1.73. The zero-order chi connectivity index (χ0) is 12.1. The molecule has 3 nitrogen and oxygen atoms in total. The molecule has 0 amide bonds. The number of hydrogen-bond donors (Lipinski definition) is 1. The zero-order valence-corrected chi connectivity index (χ0v) is 11.6. The van der Waals surface area contributed by atoms with E-state index in [2.05, 4.69) is 29.2 Å². The van der Waals surface area contributed by atoms with Crippen molar-refractivity contribution in [1.29, 1.82) is 0 Å². The van der Waals surface area contributed by atoms with Crippen LogP contribution in [0.15, 0.2) is 0 Å². The quantitative estimate of drug-likeness (QED) is 0.785. The summed E-state index contributed by atoms with van der Waals surface area (Å²) in [6.07, 6.45) is 8.42. The maximum Gasteiger partial charge on any atom is 0.0221 e. The number of nitrogens with one attached hydrogen (secondary N) is 1. The Morgan fingerprint density at radius 2 is 1.88 bits per heavy atom. The monoisotopic (exact) mass is 239 g/mol. The SMILES string of the molecule is CNCC1CCCN1CCC1CCCCN1C. The molecule has 17 heavy (non-hydrogen) atoms. The van der Waals surface area contributed by atoms with Gasteiger partial charge in [0, 0.05) is 18.6 Å². The van der Waals surface area contributed by atoms with E-state index in [1.807, 2.05) is 0 Å². The summed E-state index contributed by atoms with van der Waals surface area (Å²) < 4.78 is 0. The van der Waals surface area contributed by atoms with Crippen LogP contribution in [0.25, 0.3) is 0 Å². The second kappa shape index (κ2) is 6.72. The van der Waals surface area contributed by atoms with Crippen LogP contribution in [-0.4, -0.2) is 62.2 Å². The van der Waals surface area contributed by atoms with Crippen molar-refractivity contribution in [3.8, 4) is 0 Å². The van der Waals surface area contributed by atoms with Crippen molar-refractivity contribution in [3.63, 3.8) is 0 Å². The molecular formula is C14H29N3. The Kier molecular flexibility index (Phi) is 5.26. The van der Waals surface area contributed by atoms with Gasteiger partial charge in [0.15, 0.2) is 0 Å². The molecule has 0 aromatic carbocycles.